The molecule has 1 rings (SSSR count). The molecule has 3 nitrogen and oxygen atoms in total. The molecule has 1 aromatic heterocycles. The van der Waals surface area contributed by atoms with E-state index in [4.69, 9.17) is 0 Å². The summed E-state index contributed by atoms with van der Waals surface area (Å²) in [5.74, 6) is 0.525. The molecule has 0 saturated heterocycles. The lowest BCUT2D eigenvalue weighted by Crippen LogP contribution is -2.05. The van der Waals surface area contributed by atoms with E-state index in [-0.39, 0.29) is 0 Å². The normalized spacial score (nSPS) is 11.2. The van der Waals surface area contributed by atoms with Crippen molar-refractivity contribution >= 4 is 0 Å². The van der Waals surface area contributed by atoms with Crippen LogP contribution in [0.4, 0.5) is 0 Å². The van der Waals surface area contributed by atoms with E-state index in [9.17, 15) is 0 Å². The monoisotopic (exact) mass is 195 g/mol. The molecular formula is C11H21N3. The summed E-state index contributed by atoms with van der Waals surface area (Å²) in [5, 5.41) is 8.43. The van der Waals surface area contributed by atoms with E-state index in [1.54, 1.807) is 0 Å². The predicted molar refractivity (Wildman–Crippen MR) is 58.4 cm³/mol. The number of aryl methyl sites for hydroxylation is 2. The molecule has 0 unspecified atom stereocenters. The fraction of sp³-hybridized carbons (Fsp3) is 0.818. The summed E-state index contributed by atoms with van der Waals surface area (Å²) >= 11 is 0. The minimum Gasteiger partial charge on any atom is -0.249 e. The first-order valence-corrected chi connectivity index (χ1v) is 5.62. The van der Waals surface area contributed by atoms with Gasteiger partial charge in [-0.1, -0.05) is 32.4 Å². The zero-order valence-corrected chi connectivity index (χ0v) is 9.75. The van der Waals surface area contributed by atoms with Crippen molar-refractivity contribution in [1.82, 2.24) is 15.0 Å². The Morgan fingerprint density at radius 1 is 1.29 bits per heavy atom. The fourth-order valence-electron chi connectivity index (χ4n) is 1.74. The van der Waals surface area contributed by atoms with Gasteiger partial charge in [-0.3, -0.25) is 0 Å². The number of unbranched alkanes of at least 4 members (excludes halogenated alkanes) is 1. The van der Waals surface area contributed by atoms with E-state index in [1.807, 2.05) is 4.68 Å². The third kappa shape index (κ3) is 2.34. The van der Waals surface area contributed by atoms with Gasteiger partial charge in [0.15, 0.2) is 0 Å². The van der Waals surface area contributed by atoms with E-state index in [1.165, 1.54) is 24.2 Å². The Morgan fingerprint density at radius 3 is 2.50 bits per heavy atom. The largest absolute Gasteiger partial charge is 0.249 e. The molecule has 0 radical (unpaired) electrons. The third-order valence-corrected chi connectivity index (χ3v) is 2.46. The van der Waals surface area contributed by atoms with Gasteiger partial charge in [0.05, 0.1) is 11.4 Å². The second kappa shape index (κ2) is 5.13. The summed E-state index contributed by atoms with van der Waals surface area (Å²) in [4.78, 5) is 0. The molecule has 0 amide bonds. The van der Waals surface area contributed by atoms with Crippen molar-refractivity contribution < 1.29 is 0 Å². The average Bonchev–Trinajstić information content (AvgIpc) is 2.57. The lowest BCUT2D eigenvalue weighted by Gasteiger charge is -2.08. The first-order valence-electron chi connectivity index (χ1n) is 5.62. The highest BCUT2D eigenvalue weighted by atomic mass is 15.4. The molecule has 14 heavy (non-hydrogen) atoms. The zero-order valence-electron chi connectivity index (χ0n) is 9.75. The van der Waals surface area contributed by atoms with Gasteiger partial charge in [-0.15, -0.1) is 5.10 Å². The smallest absolute Gasteiger partial charge is 0.0861 e. The van der Waals surface area contributed by atoms with E-state index in [0.717, 1.165) is 13.0 Å². The Morgan fingerprint density at radius 2 is 2.00 bits per heavy atom. The number of hydrogen-bond donors (Lipinski definition) is 0. The molecule has 0 saturated carbocycles. The van der Waals surface area contributed by atoms with Gasteiger partial charge in [0.25, 0.3) is 0 Å². The molecule has 0 aliphatic carbocycles. The number of rotatable bonds is 5. The Bertz CT molecular complexity index is 276. The molecule has 0 aliphatic rings. The van der Waals surface area contributed by atoms with Crippen molar-refractivity contribution in [3.63, 3.8) is 0 Å². The molecule has 0 aliphatic heterocycles. The minimum absolute atomic E-state index is 0.525. The van der Waals surface area contributed by atoms with Crippen LogP contribution in [0.1, 0.15) is 57.8 Å². The SMILES string of the molecule is CCCCc1nnn(CC)c1C(C)C. The maximum Gasteiger partial charge on any atom is 0.0861 e. The predicted octanol–water partition coefficient (Wildman–Crippen LogP) is 2.76. The van der Waals surface area contributed by atoms with Gasteiger partial charge in [0.2, 0.25) is 0 Å². The van der Waals surface area contributed by atoms with E-state index >= 15 is 0 Å². The van der Waals surface area contributed by atoms with Crippen LogP contribution >= 0.6 is 0 Å². The molecule has 0 spiro atoms. The van der Waals surface area contributed by atoms with Gasteiger partial charge in [-0.25, -0.2) is 4.68 Å². The number of hydrogen-bond acceptors (Lipinski definition) is 2. The maximum absolute atomic E-state index is 4.26. The van der Waals surface area contributed by atoms with Crippen LogP contribution in [-0.4, -0.2) is 15.0 Å². The van der Waals surface area contributed by atoms with Gasteiger partial charge in [-0.2, -0.15) is 0 Å². The minimum atomic E-state index is 0.525. The van der Waals surface area contributed by atoms with Crippen LogP contribution in [0.5, 0.6) is 0 Å². The maximum atomic E-state index is 4.26. The van der Waals surface area contributed by atoms with Gasteiger partial charge in [0.1, 0.15) is 0 Å². The molecular weight excluding hydrogens is 174 g/mol. The van der Waals surface area contributed by atoms with Crippen LogP contribution in [0.25, 0.3) is 0 Å². The highest BCUT2D eigenvalue weighted by molar-refractivity contribution is 5.14. The first-order chi connectivity index (χ1) is 6.70. The molecule has 80 valence electrons. The average molecular weight is 195 g/mol. The highest BCUT2D eigenvalue weighted by Gasteiger charge is 2.14. The summed E-state index contributed by atoms with van der Waals surface area (Å²) in [6.45, 7) is 9.66. The summed E-state index contributed by atoms with van der Waals surface area (Å²) in [7, 11) is 0. The van der Waals surface area contributed by atoms with Crippen molar-refractivity contribution in [2.75, 3.05) is 0 Å². The van der Waals surface area contributed by atoms with Crippen molar-refractivity contribution in [3.05, 3.63) is 11.4 Å². The first kappa shape index (κ1) is 11.2. The molecule has 1 heterocycles. The van der Waals surface area contributed by atoms with E-state index < -0.39 is 0 Å². The molecule has 0 fully saturated rings. The van der Waals surface area contributed by atoms with Gasteiger partial charge in [0, 0.05) is 6.54 Å². The van der Waals surface area contributed by atoms with Gasteiger partial charge in [-0.05, 0) is 25.7 Å². The van der Waals surface area contributed by atoms with Crippen LogP contribution in [0.15, 0.2) is 0 Å². The quantitative estimate of drug-likeness (QED) is 0.723. The Hall–Kier alpha value is -0.860. The molecule has 3 heteroatoms. The highest BCUT2D eigenvalue weighted by Crippen LogP contribution is 2.18. The molecule has 0 bridgehead atoms. The van der Waals surface area contributed by atoms with E-state index in [0.29, 0.717) is 5.92 Å². The summed E-state index contributed by atoms with van der Waals surface area (Å²) in [6.07, 6.45) is 3.50. The Balaban J connectivity index is 2.87. The summed E-state index contributed by atoms with van der Waals surface area (Å²) < 4.78 is 2.02. The van der Waals surface area contributed by atoms with Gasteiger partial charge >= 0.3 is 0 Å². The fourth-order valence-corrected chi connectivity index (χ4v) is 1.74. The molecule has 0 N–H and O–H groups in total. The third-order valence-electron chi connectivity index (χ3n) is 2.46. The molecule has 0 aromatic carbocycles. The van der Waals surface area contributed by atoms with Crippen LogP contribution < -0.4 is 0 Å². The van der Waals surface area contributed by atoms with Crippen molar-refractivity contribution in [2.24, 2.45) is 0 Å². The topological polar surface area (TPSA) is 30.7 Å². The Labute approximate surface area is 86.5 Å². The standard InChI is InChI=1S/C11H21N3/c1-5-7-8-10-11(9(3)4)14(6-2)13-12-10/h9H,5-8H2,1-4H3. The van der Waals surface area contributed by atoms with Crippen LogP contribution in [-0.2, 0) is 13.0 Å². The lowest BCUT2D eigenvalue weighted by atomic mass is 10.0. The number of aromatic nitrogens is 3. The van der Waals surface area contributed by atoms with Crippen LogP contribution in [0.3, 0.4) is 0 Å². The lowest BCUT2D eigenvalue weighted by molar-refractivity contribution is 0.578. The second-order valence-corrected chi connectivity index (χ2v) is 4.00. The summed E-state index contributed by atoms with van der Waals surface area (Å²) in [5.41, 5.74) is 2.52. The molecule has 1 aromatic rings. The van der Waals surface area contributed by atoms with Crippen LogP contribution in [0.2, 0.25) is 0 Å². The Kier molecular flexibility index (Phi) is 4.11. The zero-order chi connectivity index (χ0) is 10.6. The van der Waals surface area contributed by atoms with Crippen molar-refractivity contribution in [1.29, 1.82) is 0 Å². The van der Waals surface area contributed by atoms with E-state index in [2.05, 4.69) is 38.0 Å². The van der Waals surface area contributed by atoms with Gasteiger partial charge < -0.3 is 0 Å². The number of nitrogens with zero attached hydrogens (tertiary/aromatic N) is 3. The molecule has 0 atom stereocenters. The van der Waals surface area contributed by atoms with Crippen LogP contribution in [0, 0.1) is 0 Å². The second-order valence-electron chi connectivity index (χ2n) is 4.00. The summed E-state index contributed by atoms with van der Waals surface area (Å²) in [6, 6.07) is 0. The van der Waals surface area contributed by atoms with Crippen molar-refractivity contribution in [2.45, 2.75) is 59.4 Å². The van der Waals surface area contributed by atoms with Crippen molar-refractivity contribution in [3.8, 4) is 0 Å².